The minimum absolute atomic E-state index is 0.134. The Hall–Kier alpha value is -3.91. The molecule has 8 heteroatoms. The molecule has 3 aromatic heterocycles. The lowest BCUT2D eigenvalue weighted by Crippen LogP contribution is -2.17. The smallest absolute Gasteiger partial charge is 0.436 e. The fourth-order valence-electron chi connectivity index (χ4n) is 3.78. The Morgan fingerprint density at radius 3 is 2.66 bits per heavy atom. The second-order valence-electron chi connectivity index (χ2n) is 7.63. The maximum Gasteiger partial charge on any atom is 0.515 e. The Kier molecular flexibility index (Phi) is 4.99. The van der Waals surface area contributed by atoms with Gasteiger partial charge in [0.15, 0.2) is 5.58 Å². The van der Waals surface area contributed by atoms with Crippen molar-refractivity contribution >= 4 is 39.1 Å². The number of ether oxygens (including phenoxy) is 3. The van der Waals surface area contributed by atoms with Gasteiger partial charge < -0.3 is 23.6 Å². The van der Waals surface area contributed by atoms with Crippen LogP contribution in [0.4, 0.5) is 4.79 Å². The Labute approximate surface area is 183 Å². The van der Waals surface area contributed by atoms with Crippen molar-refractivity contribution in [2.45, 2.75) is 26.6 Å². The molecule has 0 radical (unpaired) electrons. The van der Waals surface area contributed by atoms with E-state index < -0.39 is 6.16 Å². The van der Waals surface area contributed by atoms with E-state index in [0.717, 1.165) is 27.4 Å². The van der Waals surface area contributed by atoms with Gasteiger partial charge in [-0.05, 0) is 38.1 Å². The van der Waals surface area contributed by atoms with Crippen molar-refractivity contribution < 1.29 is 23.4 Å². The van der Waals surface area contributed by atoms with Crippen LogP contribution in [0.2, 0.25) is 0 Å². The number of fused-ring (bicyclic) bond motifs is 5. The zero-order valence-corrected chi connectivity index (χ0v) is 17.8. The first kappa shape index (κ1) is 20.0. The highest BCUT2D eigenvalue weighted by Crippen LogP contribution is 2.38. The standard InChI is InChI=1S/C24H21N3O5/c1-13(2)30-24(28)32-23-15(12-29-3)19-17(11-25-23)26-16-9-10-18-21(20(16)19)27-22(31-18)14-7-5-4-6-8-14/h4-11,13,26H,12H2,1-3H3. The van der Waals surface area contributed by atoms with Gasteiger partial charge in [0.05, 0.1) is 30.0 Å². The van der Waals surface area contributed by atoms with E-state index in [1.165, 1.54) is 0 Å². The highest BCUT2D eigenvalue weighted by atomic mass is 16.7. The highest BCUT2D eigenvalue weighted by molar-refractivity contribution is 6.19. The molecule has 0 unspecified atom stereocenters. The normalized spacial score (nSPS) is 11.6. The number of H-pyrrole nitrogens is 1. The van der Waals surface area contributed by atoms with Crippen LogP contribution in [0.1, 0.15) is 19.4 Å². The number of aromatic nitrogens is 3. The van der Waals surface area contributed by atoms with Crippen LogP contribution in [-0.2, 0) is 16.1 Å². The molecule has 0 aliphatic heterocycles. The van der Waals surface area contributed by atoms with Crippen molar-refractivity contribution in [3.8, 4) is 17.3 Å². The van der Waals surface area contributed by atoms with Crippen molar-refractivity contribution in [1.82, 2.24) is 15.0 Å². The summed E-state index contributed by atoms with van der Waals surface area (Å²) in [6, 6.07) is 13.5. The first-order valence-electron chi connectivity index (χ1n) is 10.2. The van der Waals surface area contributed by atoms with Gasteiger partial charge in [-0.2, -0.15) is 0 Å². The summed E-state index contributed by atoms with van der Waals surface area (Å²) in [5.74, 6) is 0.663. The lowest BCUT2D eigenvalue weighted by atomic mass is 10.1. The molecule has 5 aromatic rings. The van der Waals surface area contributed by atoms with Crippen LogP contribution in [0.5, 0.6) is 5.88 Å². The minimum Gasteiger partial charge on any atom is -0.436 e. The van der Waals surface area contributed by atoms with Crippen LogP contribution in [0.15, 0.2) is 53.1 Å². The Bertz CT molecular complexity index is 1440. The van der Waals surface area contributed by atoms with E-state index >= 15 is 0 Å². The molecule has 0 bridgehead atoms. The summed E-state index contributed by atoms with van der Waals surface area (Å²) >= 11 is 0. The average Bonchev–Trinajstić information content (AvgIpc) is 3.36. The van der Waals surface area contributed by atoms with E-state index in [0.29, 0.717) is 22.6 Å². The molecule has 8 nitrogen and oxygen atoms in total. The molecular formula is C24H21N3O5. The molecule has 2 aromatic carbocycles. The van der Waals surface area contributed by atoms with Crippen molar-refractivity contribution in [2.24, 2.45) is 0 Å². The summed E-state index contributed by atoms with van der Waals surface area (Å²) in [5.41, 5.74) is 4.49. The fourth-order valence-corrected chi connectivity index (χ4v) is 3.78. The van der Waals surface area contributed by atoms with Crippen LogP contribution >= 0.6 is 0 Å². The van der Waals surface area contributed by atoms with E-state index in [-0.39, 0.29) is 18.6 Å². The number of carbonyl (C=O) groups excluding carboxylic acids is 1. The molecule has 0 fully saturated rings. The Morgan fingerprint density at radius 1 is 1.09 bits per heavy atom. The molecule has 0 saturated carbocycles. The van der Waals surface area contributed by atoms with Crippen molar-refractivity contribution in [3.05, 3.63) is 54.2 Å². The number of oxazole rings is 1. The maximum atomic E-state index is 12.1. The van der Waals surface area contributed by atoms with Crippen LogP contribution in [-0.4, -0.2) is 34.3 Å². The number of hydrogen-bond acceptors (Lipinski definition) is 7. The zero-order valence-electron chi connectivity index (χ0n) is 17.8. The summed E-state index contributed by atoms with van der Waals surface area (Å²) in [6.07, 6.45) is 0.495. The summed E-state index contributed by atoms with van der Waals surface area (Å²) in [4.78, 5) is 24.6. The summed E-state index contributed by atoms with van der Waals surface area (Å²) in [6.45, 7) is 3.68. The van der Waals surface area contributed by atoms with Gasteiger partial charge in [0.25, 0.3) is 0 Å². The van der Waals surface area contributed by atoms with E-state index in [2.05, 4.69) is 9.97 Å². The lowest BCUT2D eigenvalue weighted by molar-refractivity contribution is 0.0705. The third-order valence-corrected chi connectivity index (χ3v) is 5.04. The number of aromatic amines is 1. The van der Waals surface area contributed by atoms with Crippen LogP contribution in [0.25, 0.3) is 44.4 Å². The number of pyridine rings is 1. The molecule has 32 heavy (non-hydrogen) atoms. The number of hydrogen-bond donors (Lipinski definition) is 1. The minimum atomic E-state index is -0.818. The number of methoxy groups -OCH3 is 1. The topological polar surface area (TPSA) is 99.5 Å². The third-order valence-electron chi connectivity index (χ3n) is 5.04. The molecule has 1 N–H and O–H groups in total. The van der Waals surface area contributed by atoms with Gasteiger partial charge >= 0.3 is 6.16 Å². The zero-order chi connectivity index (χ0) is 22.2. The number of nitrogens with zero attached hydrogens (tertiary/aromatic N) is 2. The molecular weight excluding hydrogens is 410 g/mol. The van der Waals surface area contributed by atoms with Gasteiger partial charge in [-0.1, -0.05) is 18.2 Å². The van der Waals surface area contributed by atoms with E-state index in [4.69, 9.17) is 23.6 Å². The molecule has 3 heterocycles. The number of rotatable bonds is 5. The fraction of sp³-hybridized carbons (Fsp3) is 0.208. The van der Waals surface area contributed by atoms with Gasteiger partial charge in [0.2, 0.25) is 11.8 Å². The van der Waals surface area contributed by atoms with E-state index in [1.54, 1.807) is 27.2 Å². The van der Waals surface area contributed by atoms with Crippen LogP contribution in [0.3, 0.4) is 0 Å². The van der Waals surface area contributed by atoms with Gasteiger partial charge in [-0.3, -0.25) is 0 Å². The lowest BCUT2D eigenvalue weighted by Gasteiger charge is -2.11. The summed E-state index contributed by atoms with van der Waals surface area (Å²) in [7, 11) is 1.57. The van der Waals surface area contributed by atoms with Gasteiger partial charge in [-0.15, -0.1) is 0 Å². The van der Waals surface area contributed by atoms with Crippen molar-refractivity contribution in [3.63, 3.8) is 0 Å². The second-order valence-corrected chi connectivity index (χ2v) is 7.63. The molecule has 162 valence electrons. The summed E-state index contributed by atoms with van der Waals surface area (Å²) < 4.78 is 22.0. The molecule has 0 spiro atoms. The predicted molar refractivity (Wildman–Crippen MR) is 120 cm³/mol. The van der Waals surface area contributed by atoms with Gasteiger partial charge in [0.1, 0.15) is 5.52 Å². The van der Waals surface area contributed by atoms with Gasteiger partial charge in [0, 0.05) is 29.0 Å². The van der Waals surface area contributed by atoms with Crippen molar-refractivity contribution in [1.29, 1.82) is 0 Å². The second kappa shape index (κ2) is 7.97. The van der Waals surface area contributed by atoms with Crippen LogP contribution < -0.4 is 4.74 Å². The largest absolute Gasteiger partial charge is 0.515 e. The predicted octanol–water partition coefficient (Wildman–Crippen LogP) is 5.59. The SMILES string of the molecule is COCc1c(OC(=O)OC(C)C)ncc2[nH]c3ccc4oc(-c5ccccc5)nc4c3c12. The quantitative estimate of drug-likeness (QED) is 0.362. The molecule has 0 saturated heterocycles. The van der Waals surface area contributed by atoms with E-state index in [1.807, 2.05) is 42.5 Å². The summed E-state index contributed by atoms with van der Waals surface area (Å²) in [5, 5.41) is 1.66. The Morgan fingerprint density at radius 2 is 1.91 bits per heavy atom. The molecule has 0 aliphatic rings. The Balaban J connectivity index is 1.74. The molecule has 0 aliphatic carbocycles. The first-order valence-corrected chi connectivity index (χ1v) is 10.2. The monoisotopic (exact) mass is 431 g/mol. The van der Waals surface area contributed by atoms with Gasteiger partial charge in [-0.25, -0.2) is 14.8 Å². The highest BCUT2D eigenvalue weighted by Gasteiger charge is 2.22. The average molecular weight is 431 g/mol. The van der Waals surface area contributed by atoms with Crippen LogP contribution in [0, 0.1) is 0 Å². The molecule has 0 atom stereocenters. The molecule has 5 rings (SSSR count). The third kappa shape index (κ3) is 3.44. The number of nitrogens with one attached hydrogen (secondary N) is 1. The number of benzene rings is 2. The maximum absolute atomic E-state index is 12.1. The number of carbonyl (C=O) groups is 1. The first-order chi connectivity index (χ1) is 15.5. The molecule has 0 amide bonds. The van der Waals surface area contributed by atoms with Crippen molar-refractivity contribution in [2.75, 3.05) is 7.11 Å². The van der Waals surface area contributed by atoms with E-state index in [9.17, 15) is 4.79 Å².